The Kier molecular flexibility index (Phi) is 6.88. The number of halogens is 1. The van der Waals surface area contributed by atoms with Crippen LogP contribution in [-0.2, 0) is 14.4 Å². The van der Waals surface area contributed by atoms with Crippen LogP contribution >= 0.6 is 11.3 Å². The molecule has 0 saturated carbocycles. The lowest BCUT2D eigenvalue weighted by atomic mass is 10.2. The van der Waals surface area contributed by atoms with Gasteiger partial charge in [0.1, 0.15) is 5.82 Å². The quantitative estimate of drug-likeness (QED) is 0.551. The van der Waals surface area contributed by atoms with Gasteiger partial charge in [-0.2, -0.15) is 0 Å². The number of hydrogen-bond donors (Lipinski definition) is 2. The van der Waals surface area contributed by atoms with E-state index in [0.717, 1.165) is 11.3 Å². The molecule has 1 aromatic heterocycles. The number of thiazole rings is 1. The Morgan fingerprint density at radius 2 is 1.65 bits per heavy atom. The molecule has 0 aliphatic rings. The van der Waals surface area contributed by atoms with Gasteiger partial charge >= 0.3 is 0 Å². The number of carbonyl (C=O) groups is 3. The van der Waals surface area contributed by atoms with E-state index >= 15 is 0 Å². The van der Waals surface area contributed by atoms with E-state index in [0.29, 0.717) is 22.2 Å². The van der Waals surface area contributed by atoms with E-state index in [1.54, 1.807) is 41.8 Å². The maximum Gasteiger partial charge on any atom is 0.248 e. The minimum atomic E-state index is -0.533. The first-order valence-corrected chi connectivity index (χ1v) is 10.1. The average Bonchev–Trinajstić information content (AvgIpc) is 3.17. The summed E-state index contributed by atoms with van der Waals surface area (Å²) in [6.45, 7) is 2.74. The van der Waals surface area contributed by atoms with Crippen LogP contribution in [0, 0.1) is 5.82 Å². The highest BCUT2D eigenvalue weighted by Crippen LogP contribution is 2.31. The fourth-order valence-corrected chi connectivity index (χ4v) is 3.53. The third-order valence-electron chi connectivity index (χ3n) is 3.99. The average molecular weight is 438 g/mol. The number of nitrogens with one attached hydrogen (secondary N) is 2. The number of amides is 3. The third kappa shape index (κ3) is 5.83. The predicted molar refractivity (Wildman–Crippen MR) is 120 cm³/mol. The molecule has 0 spiro atoms. The highest BCUT2D eigenvalue weighted by molar-refractivity contribution is 7.14. The van der Waals surface area contributed by atoms with Gasteiger partial charge in [-0.25, -0.2) is 9.37 Å². The molecule has 9 heteroatoms. The topological polar surface area (TPSA) is 91.4 Å². The molecule has 31 heavy (non-hydrogen) atoms. The molecule has 0 saturated heterocycles. The van der Waals surface area contributed by atoms with Crippen LogP contribution in [0.25, 0.3) is 6.08 Å². The Balaban J connectivity index is 1.68. The van der Waals surface area contributed by atoms with E-state index in [9.17, 15) is 18.8 Å². The van der Waals surface area contributed by atoms with Gasteiger partial charge in [-0.1, -0.05) is 12.1 Å². The Morgan fingerprint density at radius 1 is 1.00 bits per heavy atom. The van der Waals surface area contributed by atoms with Crippen molar-refractivity contribution in [2.24, 2.45) is 0 Å². The lowest BCUT2D eigenvalue weighted by Crippen LogP contribution is -2.23. The lowest BCUT2D eigenvalue weighted by Gasteiger charge is -2.18. The fraction of sp³-hybridized carbons (Fsp3) is 0.0909. The molecule has 158 valence electrons. The molecule has 0 radical (unpaired) electrons. The van der Waals surface area contributed by atoms with Crippen molar-refractivity contribution in [2.75, 3.05) is 15.5 Å². The SMILES string of the molecule is CC(=O)Nc1ccc(NC(=O)/C=C/c2csc(N(C(C)=O)c3ccccc3F)n2)cc1. The van der Waals surface area contributed by atoms with Crippen LogP contribution in [0.5, 0.6) is 0 Å². The zero-order valence-corrected chi connectivity index (χ0v) is 17.6. The molecule has 3 amide bonds. The van der Waals surface area contributed by atoms with Crippen LogP contribution < -0.4 is 15.5 Å². The van der Waals surface area contributed by atoms with Crippen molar-refractivity contribution in [3.05, 3.63) is 71.5 Å². The lowest BCUT2D eigenvalue weighted by molar-refractivity contribution is -0.116. The van der Waals surface area contributed by atoms with Gasteiger partial charge in [0.05, 0.1) is 11.4 Å². The van der Waals surface area contributed by atoms with Crippen LogP contribution in [0.4, 0.5) is 26.6 Å². The van der Waals surface area contributed by atoms with Gasteiger partial charge in [-0.15, -0.1) is 11.3 Å². The number of carbonyl (C=O) groups excluding carboxylic acids is 3. The summed E-state index contributed by atoms with van der Waals surface area (Å²) in [5.41, 5.74) is 1.75. The molecule has 3 rings (SSSR count). The minimum absolute atomic E-state index is 0.111. The van der Waals surface area contributed by atoms with E-state index in [1.165, 1.54) is 43.0 Å². The second kappa shape index (κ2) is 9.77. The van der Waals surface area contributed by atoms with Gasteiger partial charge in [0, 0.05) is 36.7 Å². The van der Waals surface area contributed by atoms with Crippen molar-refractivity contribution >= 4 is 57.3 Å². The number of hydrogen-bond acceptors (Lipinski definition) is 5. The first kappa shape index (κ1) is 21.8. The van der Waals surface area contributed by atoms with Gasteiger partial charge in [-0.3, -0.25) is 19.3 Å². The number of para-hydroxylation sites is 1. The summed E-state index contributed by atoms with van der Waals surface area (Å²) in [7, 11) is 0. The van der Waals surface area contributed by atoms with Crippen molar-refractivity contribution in [3.8, 4) is 0 Å². The molecule has 7 nitrogen and oxygen atoms in total. The summed E-state index contributed by atoms with van der Waals surface area (Å²) in [5, 5.41) is 7.30. The predicted octanol–water partition coefficient (Wildman–Crippen LogP) is 4.58. The van der Waals surface area contributed by atoms with Crippen molar-refractivity contribution in [1.29, 1.82) is 0 Å². The molecule has 0 fully saturated rings. The van der Waals surface area contributed by atoms with Crippen molar-refractivity contribution in [3.63, 3.8) is 0 Å². The molecular formula is C22H19FN4O3S. The molecular weight excluding hydrogens is 419 g/mol. The highest BCUT2D eigenvalue weighted by Gasteiger charge is 2.20. The van der Waals surface area contributed by atoms with Crippen LogP contribution in [0.2, 0.25) is 0 Å². The minimum Gasteiger partial charge on any atom is -0.326 e. The summed E-state index contributed by atoms with van der Waals surface area (Å²) < 4.78 is 14.1. The molecule has 0 atom stereocenters. The Hall–Kier alpha value is -3.85. The Morgan fingerprint density at radius 3 is 2.26 bits per heavy atom. The zero-order valence-electron chi connectivity index (χ0n) is 16.8. The molecule has 2 aromatic carbocycles. The second-order valence-corrected chi connectivity index (χ2v) is 7.28. The maximum atomic E-state index is 14.1. The number of rotatable bonds is 6. The molecule has 1 heterocycles. The summed E-state index contributed by atoms with van der Waals surface area (Å²) in [4.78, 5) is 40.8. The van der Waals surface area contributed by atoms with Crippen molar-refractivity contribution in [1.82, 2.24) is 4.98 Å². The van der Waals surface area contributed by atoms with Gasteiger partial charge in [0.15, 0.2) is 5.13 Å². The smallest absolute Gasteiger partial charge is 0.248 e. The summed E-state index contributed by atoms with van der Waals surface area (Å²) in [6, 6.07) is 12.6. The molecule has 0 unspecified atom stereocenters. The Labute approximate surface area is 182 Å². The summed E-state index contributed by atoms with van der Waals surface area (Å²) >= 11 is 1.16. The van der Waals surface area contributed by atoms with E-state index in [4.69, 9.17) is 0 Å². The van der Waals surface area contributed by atoms with E-state index < -0.39 is 5.82 Å². The normalized spacial score (nSPS) is 10.7. The number of aromatic nitrogens is 1. The molecule has 3 aromatic rings. The molecule has 0 aliphatic heterocycles. The highest BCUT2D eigenvalue weighted by atomic mass is 32.1. The van der Waals surface area contributed by atoms with Crippen LogP contribution in [0.1, 0.15) is 19.5 Å². The first-order valence-electron chi connectivity index (χ1n) is 9.21. The van der Waals surface area contributed by atoms with Crippen LogP contribution in [0.3, 0.4) is 0 Å². The van der Waals surface area contributed by atoms with Gasteiger partial charge in [-0.05, 0) is 42.5 Å². The molecule has 2 N–H and O–H groups in total. The zero-order chi connectivity index (χ0) is 22.4. The van der Waals surface area contributed by atoms with E-state index in [2.05, 4.69) is 15.6 Å². The van der Waals surface area contributed by atoms with Gasteiger partial charge < -0.3 is 10.6 Å². The largest absolute Gasteiger partial charge is 0.326 e. The van der Waals surface area contributed by atoms with Crippen LogP contribution in [-0.4, -0.2) is 22.7 Å². The van der Waals surface area contributed by atoms with Gasteiger partial charge in [0.25, 0.3) is 0 Å². The standard InChI is InChI=1S/C22H19FN4O3S/c1-14(28)24-16-7-9-17(10-8-16)25-21(30)12-11-18-13-31-22(26-18)27(15(2)29)20-6-4-3-5-19(20)23/h3-13H,1-2H3,(H,24,28)(H,25,30)/b12-11+. The number of anilines is 4. The van der Waals surface area contributed by atoms with E-state index in [1.807, 2.05) is 0 Å². The van der Waals surface area contributed by atoms with Crippen molar-refractivity contribution < 1.29 is 18.8 Å². The number of nitrogens with zero attached hydrogens (tertiary/aromatic N) is 2. The van der Waals surface area contributed by atoms with Crippen LogP contribution in [0.15, 0.2) is 60.0 Å². The Bertz CT molecular complexity index is 1140. The second-order valence-electron chi connectivity index (χ2n) is 6.44. The summed E-state index contributed by atoms with van der Waals surface area (Å²) in [5.74, 6) is -1.47. The molecule has 0 aliphatic carbocycles. The fourth-order valence-electron chi connectivity index (χ4n) is 2.68. The first-order chi connectivity index (χ1) is 14.8. The summed E-state index contributed by atoms with van der Waals surface area (Å²) in [6.07, 6.45) is 2.81. The van der Waals surface area contributed by atoms with Crippen molar-refractivity contribution in [2.45, 2.75) is 13.8 Å². The monoisotopic (exact) mass is 438 g/mol. The van der Waals surface area contributed by atoms with E-state index in [-0.39, 0.29) is 23.4 Å². The maximum absolute atomic E-state index is 14.1. The number of benzene rings is 2. The third-order valence-corrected chi connectivity index (χ3v) is 4.83. The van der Waals surface area contributed by atoms with Gasteiger partial charge in [0.2, 0.25) is 17.7 Å². The molecule has 0 bridgehead atoms.